The summed E-state index contributed by atoms with van der Waals surface area (Å²) in [6.45, 7) is 4.92. The molecule has 4 heteroatoms. The molecule has 0 aliphatic rings. The summed E-state index contributed by atoms with van der Waals surface area (Å²) in [4.78, 5) is 13.3. The summed E-state index contributed by atoms with van der Waals surface area (Å²) in [5.74, 6) is 0.881. The summed E-state index contributed by atoms with van der Waals surface area (Å²) in [6, 6.07) is 7.76. The molecule has 1 amide bonds. The van der Waals surface area contributed by atoms with Gasteiger partial charge >= 0.3 is 0 Å². The first-order valence-electron chi connectivity index (χ1n) is 6.18. The molecule has 1 atom stereocenters. The Morgan fingerprint density at radius 2 is 2.00 bits per heavy atom. The van der Waals surface area contributed by atoms with E-state index in [-0.39, 0.29) is 11.9 Å². The van der Waals surface area contributed by atoms with Gasteiger partial charge in [0.2, 0.25) is 5.91 Å². The minimum atomic E-state index is -0.0991. The number of ether oxygens (including phenoxy) is 1. The summed E-state index contributed by atoms with van der Waals surface area (Å²) in [6.07, 6.45) is 0.376. The van der Waals surface area contributed by atoms with E-state index in [1.165, 1.54) is 5.56 Å². The number of nitrogens with zero attached hydrogens (tertiary/aromatic N) is 1. The lowest BCUT2D eigenvalue weighted by Crippen LogP contribution is -2.34. The van der Waals surface area contributed by atoms with Crippen LogP contribution in [-0.2, 0) is 4.79 Å². The lowest BCUT2D eigenvalue weighted by Gasteiger charge is -2.18. The molecule has 4 nitrogen and oxygen atoms in total. The summed E-state index contributed by atoms with van der Waals surface area (Å²) in [5.41, 5.74) is 6.79. The van der Waals surface area contributed by atoms with Gasteiger partial charge in [0.05, 0.1) is 6.54 Å². The number of hydrogen-bond acceptors (Lipinski definition) is 3. The second-order valence-corrected chi connectivity index (χ2v) is 4.66. The van der Waals surface area contributed by atoms with E-state index in [9.17, 15) is 4.79 Å². The van der Waals surface area contributed by atoms with Crippen molar-refractivity contribution in [1.29, 1.82) is 0 Å². The van der Waals surface area contributed by atoms with Crippen LogP contribution < -0.4 is 10.5 Å². The number of carbonyl (C=O) groups is 1. The molecular formula is C14H22N2O2. The van der Waals surface area contributed by atoms with E-state index < -0.39 is 0 Å². The number of amides is 1. The molecule has 18 heavy (non-hydrogen) atoms. The number of carbonyl (C=O) groups excluding carboxylic acids is 1. The van der Waals surface area contributed by atoms with Crippen molar-refractivity contribution >= 4 is 5.91 Å². The fraction of sp³-hybridized carbons (Fsp3) is 0.500. The number of likely N-dealkylation sites (N-methyl/N-ethyl adjacent to an activating group) is 1. The van der Waals surface area contributed by atoms with Crippen LogP contribution in [0.3, 0.4) is 0 Å². The number of benzene rings is 1. The van der Waals surface area contributed by atoms with Crippen molar-refractivity contribution < 1.29 is 9.53 Å². The number of aryl methyl sites for hydroxylation is 1. The first kappa shape index (κ1) is 14.5. The summed E-state index contributed by atoms with van der Waals surface area (Å²) >= 11 is 0. The maximum absolute atomic E-state index is 11.6. The van der Waals surface area contributed by atoms with Crippen molar-refractivity contribution in [2.24, 2.45) is 5.73 Å². The van der Waals surface area contributed by atoms with Gasteiger partial charge in [-0.05, 0) is 26.0 Å². The van der Waals surface area contributed by atoms with Gasteiger partial charge in [-0.1, -0.05) is 17.7 Å². The molecule has 0 saturated heterocycles. The van der Waals surface area contributed by atoms with Crippen LogP contribution in [0.1, 0.15) is 18.9 Å². The van der Waals surface area contributed by atoms with E-state index in [1.807, 2.05) is 38.1 Å². The molecular weight excluding hydrogens is 228 g/mol. The highest BCUT2D eigenvalue weighted by molar-refractivity contribution is 5.76. The predicted octanol–water partition coefficient (Wildman–Crippen LogP) is 1.57. The normalized spacial score (nSPS) is 12.0. The minimum Gasteiger partial charge on any atom is -0.492 e. The van der Waals surface area contributed by atoms with Gasteiger partial charge in [-0.3, -0.25) is 4.79 Å². The van der Waals surface area contributed by atoms with E-state index in [1.54, 1.807) is 11.9 Å². The standard InChI is InChI=1S/C14H22N2O2/c1-11-4-6-13(7-5-11)18-9-8-16(3)14(17)10-12(2)15/h4-7,12H,8-10,15H2,1-3H3. The Morgan fingerprint density at radius 1 is 1.39 bits per heavy atom. The summed E-state index contributed by atoms with van der Waals surface area (Å²) in [7, 11) is 1.77. The van der Waals surface area contributed by atoms with Crippen LogP contribution in [-0.4, -0.2) is 37.0 Å². The summed E-state index contributed by atoms with van der Waals surface area (Å²) in [5, 5.41) is 0. The van der Waals surface area contributed by atoms with E-state index in [4.69, 9.17) is 10.5 Å². The molecule has 1 aromatic rings. The fourth-order valence-electron chi connectivity index (χ4n) is 1.49. The summed E-state index contributed by atoms with van der Waals surface area (Å²) < 4.78 is 5.56. The Bertz CT molecular complexity index is 374. The number of nitrogens with two attached hydrogens (primary N) is 1. The largest absolute Gasteiger partial charge is 0.492 e. The Labute approximate surface area is 109 Å². The predicted molar refractivity (Wildman–Crippen MR) is 72.6 cm³/mol. The van der Waals surface area contributed by atoms with Gasteiger partial charge in [0, 0.05) is 19.5 Å². The third-order valence-electron chi connectivity index (χ3n) is 2.64. The van der Waals surface area contributed by atoms with Crippen molar-refractivity contribution in [3.05, 3.63) is 29.8 Å². The molecule has 0 aliphatic heterocycles. The van der Waals surface area contributed by atoms with Gasteiger partial charge in [0.15, 0.2) is 0 Å². The highest BCUT2D eigenvalue weighted by Gasteiger charge is 2.10. The Morgan fingerprint density at radius 3 is 2.56 bits per heavy atom. The molecule has 0 fully saturated rings. The van der Waals surface area contributed by atoms with Gasteiger partial charge in [-0.2, -0.15) is 0 Å². The maximum Gasteiger partial charge on any atom is 0.223 e. The molecule has 0 bridgehead atoms. The molecule has 0 saturated carbocycles. The molecule has 0 radical (unpaired) electrons. The SMILES string of the molecule is Cc1ccc(OCCN(C)C(=O)CC(C)N)cc1. The molecule has 1 rings (SSSR count). The van der Waals surface area contributed by atoms with Gasteiger partial charge < -0.3 is 15.4 Å². The fourth-order valence-corrected chi connectivity index (χ4v) is 1.49. The van der Waals surface area contributed by atoms with E-state index in [2.05, 4.69) is 0 Å². The molecule has 1 unspecified atom stereocenters. The van der Waals surface area contributed by atoms with Crippen LogP contribution in [0, 0.1) is 6.92 Å². The van der Waals surface area contributed by atoms with Crippen LogP contribution in [0.25, 0.3) is 0 Å². The lowest BCUT2D eigenvalue weighted by atomic mass is 10.2. The molecule has 100 valence electrons. The lowest BCUT2D eigenvalue weighted by molar-refractivity contribution is -0.130. The minimum absolute atomic E-state index is 0.0532. The van der Waals surface area contributed by atoms with Crippen LogP contribution in [0.15, 0.2) is 24.3 Å². The molecule has 2 N–H and O–H groups in total. The first-order valence-corrected chi connectivity index (χ1v) is 6.18. The highest BCUT2D eigenvalue weighted by Crippen LogP contribution is 2.11. The maximum atomic E-state index is 11.6. The zero-order valence-corrected chi connectivity index (χ0v) is 11.3. The van der Waals surface area contributed by atoms with Crippen molar-refractivity contribution in [3.63, 3.8) is 0 Å². The van der Waals surface area contributed by atoms with Crippen molar-refractivity contribution in [3.8, 4) is 5.75 Å². The smallest absolute Gasteiger partial charge is 0.223 e. The van der Waals surface area contributed by atoms with Crippen LogP contribution in [0.5, 0.6) is 5.75 Å². The van der Waals surface area contributed by atoms with Crippen molar-refractivity contribution in [2.75, 3.05) is 20.2 Å². The molecule has 0 heterocycles. The Kier molecular flexibility index (Phi) is 5.65. The van der Waals surface area contributed by atoms with Crippen LogP contribution in [0.4, 0.5) is 0 Å². The second kappa shape index (κ2) is 7.01. The van der Waals surface area contributed by atoms with Crippen LogP contribution >= 0.6 is 0 Å². The average Bonchev–Trinajstić information content (AvgIpc) is 2.30. The third kappa shape index (κ3) is 5.19. The third-order valence-corrected chi connectivity index (χ3v) is 2.64. The van der Waals surface area contributed by atoms with Crippen molar-refractivity contribution in [2.45, 2.75) is 26.3 Å². The Balaban J connectivity index is 2.28. The van der Waals surface area contributed by atoms with Gasteiger partial charge in [0.1, 0.15) is 12.4 Å². The van der Waals surface area contributed by atoms with Gasteiger partial charge in [-0.15, -0.1) is 0 Å². The molecule has 0 spiro atoms. The second-order valence-electron chi connectivity index (χ2n) is 4.66. The van der Waals surface area contributed by atoms with E-state index in [0.29, 0.717) is 19.6 Å². The monoisotopic (exact) mass is 250 g/mol. The quantitative estimate of drug-likeness (QED) is 0.833. The van der Waals surface area contributed by atoms with E-state index in [0.717, 1.165) is 5.75 Å². The topological polar surface area (TPSA) is 55.6 Å². The first-order chi connectivity index (χ1) is 8.49. The average molecular weight is 250 g/mol. The van der Waals surface area contributed by atoms with Crippen LogP contribution in [0.2, 0.25) is 0 Å². The zero-order chi connectivity index (χ0) is 13.5. The zero-order valence-electron chi connectivity index (χ0n) is 11.3. The van der Waals surface area contributed by atoms with E-state index >= 15 is 0 Å². The van der Waals surface area contributed by atoms with Gasteiger partial charge in [0.25, 0.3) is 0 Å². The molecule has 0 aliphatic carbocycles. The highest BCUT2D eigenvalue weighted by atomic mass is 16.5. The Hall–Kier alpha value is -1.55. The molecule has 1 aromatic carbocycles. The number of hydrogen-bond donors (Lipinski definition) is 1. The number of rotatable bonds is 6. The molecule has 0 aromatic heterocycles. The van der Waals surface area contributed by atoms with Crippen molar-refractivity contribution in [1.82, 2.24) is 4.90 Å². The van der Waals surface area contributed by atoms with Gasteiger partial charge in [-0.25, -0.2) is 0 Å².